The molecule has 0 spiro atoms. The molecule has 0 saturated carbocycles. The van der Waals surface area contributed by atoms with Crippen molar-refractivity contribution in [3.8, 4) is 0 Å². The third kappa shape index (κ3) is 26.2. The molecule has 0 aromatic carbocycles. The smallest absolute Gasteiger partial charge is 0.304 e. The summed E-state index contributed by atoms with van der Waals surface area (Å²) < 4.78 is 0. The van der Waals surface area contributed by atoms with Gasteiger partial charge in [-0.25, -0.2) is 0 Å². The molecule has 3 fully saturated rings. The first-order valence-electron chi connectivity index (χ1n) is 10.8. The average Bonchev–Trinajstić information content (AvgIpc) is 3.58. The molecule has 1 unspecified atom stereocenters. The fourth-order valence-corrected chi connectivity index (χ4v) is 2.07. The number of carbonyl (C=O) groups is 3. The van der Waals surface area contributed by atoms with Gasteiger partial charge >= 0.3 is 17.9 Å². The summed E-state index contributed by atoms with van der Waals surface area (Å²) in [4.78, 5) is 36.0. The van der Waals surface area contributed by atoms with Crippen molar-refractivity contribution in [1.82, 2.24) is 14.7 Å². The number of aliphatic hydroxyl groups is 2. The Balaban J connectivity index is 0.000000388. The summed E-state index contributed by atoms with van der Waals surface area (Å²) in [6, 6.07) is 0. The monoisotopic (exact) mass is 449 g/mol. The standard InChI is InChI=1S/3C5H9NO2.C5H12O2/c3*7-5(8)1-2-6-3-4-6;1-2-3-5(7)4-6/h3*1-4H2,(H,7,8);5-7H,2-4H2,1H3. The largest absolute Gasteiger partial charge is 0.481 e. The van der Waals surface area contributed by atoms with E-state index in [1.165, 1.54) is 0 Å². The lowest BCUT2D eigenvalue weighted by molar-refractivity contribution is -0.138. The zero-order valence-corrected chi connectivity index (χ0v) is 18.5. The molecule has 3 aliphatic rings. The van der Waals surface area contributed by atoms with Gasteiger partial charge in [0.25, 0.3) is 0 Å². The Kier molecular flexibility index (Phi) is 16.8. The first kappa shape index (κ1) is 29.2. The first-order valence-corrected chi connectivity index (χ1v) is 10.8. The lowest BCUT2D eigenvalue weighted by Crippen LogP contribution is -2.10. The summed E-state index contributed by atoms with van der Waals surface area (Å²) >= 11 is 0. The second-order valence-corrected chi connectivity index (χ2v) is 7.58. The van der Waals surface area contributed by atoms with Gasteiger partial charge in [-0.3, -0.25) is 14.4 Å². The van der Waals surface area contributed by atoms with Crippen molar-refractivity contribution in [2.24, 2.45) is 0 Å². The number of hydrogen-bond acceptors (Lipinski definition) is 8. The molecule has 11 nitrogen and oxygen atoms in total. The topological polar surface area (TPSA) is 161 Å². The fraction of sp³-hybridized carbons (Fsp3) is 0.850. The Morgan fingerprint density at radius 2 is 1.00 bits per heavy atom. The van der Waals surface area contributed by atoms with Crippen molar-refractivity contribution in [2.45, 2.75) is 45.1 Å². The Hall–Kier alpha value is -1.79. The van der Waals surface area contributed by atoms with E-state index >= 15 is 0 Å². The summed E-state index contributed by atoms with van der Waals surface area (Å²) in [5.41, 5.74) is 0. The molecule has 31 heavy (non-hydrogen) atoms. The molecule has 3 rings (SSSR count). The van der Waals surface area contributed by atoms with Crippen LogP contribution in [0, 0.1) is 0 Å². The molecule has 182 valence electrons. The number of carboxylic acids is 3. The lowest BCUT2D eigenvalue weighted by atomic mass is 10.2. The van der Waals surface area contributed by atoms with E-state index in [1.807, 2.05) is 6.92 Å². The van der Waals surface area contributed by atoms with Crippen molar-refractivity contribution in [2.75, 3.05) is 65.5 Å². The zero-order chi connectivity index (χ0) is 23.6. The van der Waals surface area contributed by atoms with Gasteiger partial charge in [-0.15, -0.1) is 0 Å². The minimum atomic E-state index is -0.697. The Morgan fingerprint density at radius 3 is 1.13 bits per heavy atom. The van der Waals surface area contributed by atoms with Crippen LogP contribution in [0.15, 0.2) is 0 Å². The van der Waals surface area contributed by atoms with Crippen molar-refractivity contribution in [3.63, 3.8) is 0 Å². The van der Waals surface area contributed by atoms with Crippen LogP contribution < -0.4 is 0 Å². The summed E-state index contributed by atoms with van der Waals surface area (Å²) in [5.74, 6) is -2.09. The fourth-order valence-electron chi connectivity index (χ4n) is 2.07. The highest BCUT2D eigenvalue weighted by molar-refractivity contribution is 5.67. The maximum atomic E-state index is 9.90. The molecule has 0 bridgehead atoms. The molecule has 0 radical (unpaired) electrons. The SMILES string of the molecule is CCCC(O)CO.O=C(O)CCN1CC1.O=C(O)CCN1CC1.O=C(O)CCN1CC1. The van der Waals surface area contributed by atoms with Gasteiger partial charge in [0.15, 0.2) is 0 Å². The van der Waals surface area contributed by atoms with Gasteiger partial charge in [-0.05, 0) is 6.42 Å². The highest BCUT2D eigenvalue weighted by Gasteiger charge is 2.18. The van der Waals surface area contributed by atoms with E-state index in [0.29, 0.717) is 25.7 Å². The van der Waals surface area contributed by atoms with Gasteiger partial charge in [0.05, 0.1) is 32.0 Å². The summed E-state index contributed by atoms with van der Waals surface area (Å²) in [6.07, 6.45) is 2.02. The van der Waals surface area contributed by atoms with Crippen LogP contribution >= 0.6 is 0 Å². The predicted molar refractivity (Wildman–Crippen MR) is 114 cm³/mol. The zero-order valence-electron chi connectivity index (χ0n) is 18.5. The van der Waals surface area contributed by atoms with E-state index in [4.69, 9.17) is 25.5 Å². The molecular formula is C20H39N3O8. The maximum absolute atomic E-state index is 9.90. The van der Waals surface area contributed by atoms with E-state index in [0.717, 1.165) is 65.3 Å². The molecule has 0 aliphatic carbocycles. The van der Waals surface area contributed by atoms with Gasteiger partial charge in [-0.1, -0.05) is 13.3 Å². The second kappa shape index (κ2) is 17.8. The summed E-state index contributed by atoms with van der Waals surface area (Å²) in [6.45, 7) is 10.6. The average molecular weight is 450 g/mol. The number of aliphatic carboxylic acids is 3. The van der Waals surface area contributed by atoms with Gasteiger partial charge in [0.1, 0.15) is 0 Å². The summed E-state index contributed by atoms with van der Waals surface area (Å²) in [5, 5.41) is 41.3. The quantitative estimate of drug-likeness (QED) is 0.244. The van der Waals surface area contributed by atoms with Crippen LogP contribution in [0.5, 0.6) is 0 Å². The van der Waals surface area contributed by atoms with Crippen LogP contribution in [0.1, 0.15) is 39.0 Å². The molecule has 3 heterocycles. The van der Waals surface area contributed by atoms with E-state index in [2.05, 4.69) is 14.7 Å². The minimum Gasteiger partial charge on any atom is -0.481 e. The Bertz CT molecular complexity index is 447. The first-order chi connectivity index (χ1) is 14.7. The molecule has 3 aliphatic heterocycles. The molecule has 11 heteroatoms. The van der Waals surface area contributed by atoms with Gasteiger partial charge < -0.3 is 40.2 Å². The predicted octanol–water partition coefficient (Wildman–Crippen LogP) is -0.530. The third-order valence-electron chi connectivity index (χ3n) is 4.38. The molecule has 0 amide bonds. The van der Waals surface area contributed by atoms with Crippen molar-refractivity contribution < 1.29 is 39.9 Å². The van der Waals surface area contributed by atoms with E-state index in [-0.39, 0.29) is 6.61 Å². The molecule has 0 aromatic heterocycles. The number of carboxylic acid groups (broad SMARTS) is 3. The van der Waals surface area contributed by atoms with Crippen LogP contribution in [0.25, 0.3) is 0 Å². The van der Waals surface area contributed by atoms with Crippen LogP contribution in [0.3, 0.4) is 0 Å². The van der Waals surface area contributed by atoms with Crippen LogP contribution in [-0.2, 0) is 14.4 Å². The van der Waals surface area contributed by atoms with Crippen LogP contribution in [0.2, 0.25) is 0 Å². The summed E-state index contributed by atoms with van der Waals surface area (Å²) in [7, 11) is 0. The number of hydrogen-bond donors (Lipinski definition) is 5. The Morgan fingerprint density at radius 1 is 0.710 bits per heavy atom. The Labute approximate surface area is 183 Å². The van der Waals surface area contributed by atoms with Crippen LogP contribution in [-0.4, -0.2) is 130 Å². The second-order valence-electron chi connectivity index (χ2n) is 7.58. The molecule has 1 atom stereocenters. The van der Waals surface area contributed by atoms with Crippen molar-refractivity contribution in [3.05, 3.63) is 0 Å². The number of nitrogens with zero attached hydrogens (tertiary/aromatic N) is 3. The lowest BCUT2D eigenvalue weighted by Gasteiger charge is -2.01. The number of rotatable bonds is 12. The number of aliphatic hydroxyl groups excluding tert-OH is 2. The molecule has 0 aromatic rings. The van der Waals surface area contributed by atoms with E-state index < -0.39 is 24.0 Å². The van der Waals surface area contributed by atoms with Crippen molar-refractivity contribution in [1.29, 1.82) is 0 Å². The van der Waals surface area contributed by atoms with Gasteiger partial charge in [0.2, 0.25) is 0 Å². The molecule has 3 saturated heterocycles. The third-order valence-corrected chi connectivity index (χ3v) is 4.38. The maximum Gasteiger partial charge on any atom is 0.304 e. The van der Waals surface area contributed by atoms with Gasteiger partial charge in [-0.2, -0.15) is 0 Å². The normalized spacial score (nSPS) is 17.5. The van der Waals surface area contributed by atoms with Crippen LogP contribution in [0.4, 0.5) is 0 Å². The highest BCUT2D eigenvalue weighted by Crippen LogP contribution is 2.03. The molecule has 5 N–H and O–H groups in total. The minimum absolute atomic E-state index is 0.103. The van der Waals surface area contributed by atoms with E-state index in [1.54, 1.807) is 0 Å². The van der Waals surface area contributed by atoms with E-state index in [9.17, 15) is 14.4 Å². The van der Waals surface area contributed by atoms with Gasteiger partial charge in [0, 0.05) is 58.9 Å². The molecular weight excluding hydrogens is 410 g/mol. The highest BCUT2D eigenvalue weighted by atomic mass is 16.4. The van der Waals surface area contributed by atoms with Crippen molar-refractivity contribution >= 4 is 17.9 Å².